The summed E-state index contributed by atoms with van der Waals surface area (Å²) in [6.45, 7) is 7.12. The van der Waals surface area contributed by atoms with Gasteiger partial charge in [0.05, 0.1) is 29.0 Å². The highest BCUT2D eigenvalue weighted by molar-refractivity contribution is 5.91. The van der Waals surface area contributed by atoms with Crippen molar-refractivity contribution in [1.82, 2.24) is 9.55 Å². The van der Waals surface area contributed by atoms with Gasteiger partial charge in [-0.15, -0.1) is 0 Å². The van der Waals surface area contributed by atoms with Crippen LogP contribution in [0.3, 0.4) is 0 Å². The lowest BCUT2D eigenvalue weighted by molar-refractivity contribution is -0.172. The zero-order chi connectivity index (χ0) is 23.1. The molecule has 0 bridgehead atoms. The van der Waals surface area contributed by atoms with Gasteiger partial charge in [0.25, 0.3) is 5.56 Å². The Morgan fingerprint density at radius 2 is 1.94 bits per heavy atom. The highest BCUT2D eigenvalue weighted by atomic mass is 16.6. The van der Waals surface area contributed by atoms with E-state index in [1.54, 1.807) is 17.6 Å². The van der Waals surface area contributed by atoms with Crippen molar-refractivity contribution in [2.45, 2.75) is 51.9 Å². The molecule has 0 unspecified atom stereocenters. The summed E-state index contributed by atoms with van der Waals surface area (Å²) in [5.74, 6) is 0.897. The molecule has 0 saturated carbocycles. The molecule has 6 rings (SSSR count). The molecule has 2 aromatic heterocycles. The quantitative estimate of drug-likeness (QED) is 0.471. The number of aliphatic hydroxyl groups is 1. The van der Waals surface area contributed by atoms with Gasteiger partial charge in [0.15, 0.2) is 17.1 Å². The summed E-state index contributed by atoms with van der Waals surface area (Å²) in [6, 6.07) is 5.69. The number of ether oxygens (including phenoxy) is 3. The lowest BCUT2D eigenvalue weighted by Gasteiger charge is -2.31. The van der Waals surface area contributed by atoms with E-state index in [1.165, 1.54) is 0 Å². The van der Waals surface area contributed by atoms with Crippen LogP contribution in [0.4, 0.5) is 0 Å². The topological polar surface area (TPSA) is 99.9 Å². The number of rotatable bonds is 2. The van der Waals surface area contributed by atoms with Gasteiger partial charge < -0.3 is 23.9 Å². The summed E-state index contributed by atoms with van der Waals surface area (Å²) >= 11 is 0. The van der Waals surface area contributed by atoms with Crippen molar-refractivity contribution in [3.63, 3.8) is 0 Å². The van der Waals surface area contributed by atoms with Crippen LogP contribution in [0.25, 0.3) is 22.3 Å². The van der Waals surface area contributed by atoms with Gasteiger partial charge in [-0.2, -0.15) is 0 Å². The first kappa shape index (κ1) is 20.2. The molecule has 8 heteroatoms. The average Bonchev–Trinajstić information content (AvgIpc) is 3.16. The predicted octanol–water partition coefficient (Wildman–Crippen LogP) is 2.97. The molecule has 0 radical (unpaired) electrons. The van der Waals surface area contributed by atoms with Crippen LogP contribution in [-0.2, 0) is 28.3 Å². The smallest absolute Gasteiger partial charge is 0.343 e. The molecule has 3 aromatic rings. The first-order chi connectivity index (χ1) is 15.8. The molecular formula is C25H24N2O6. The first-order valence-corrected chi connectivity index (χ1v) is 11.3. The van der Waals surface area contributed by atoms with Crippen LogP contribution in [-0.4, -0.2) is 33.8 Å². The SMILES string of the molecule is CC[C@@]1(O)C(=O)OCc2c1cc1n(c2=O)Cc2cc3c(C(C)C)c4c(cc3nc2-1)OCCO4. The number of hydrogen-bond donors (Lipinski definition) is 1. The maximum atomic E-state index is 13.4. The van der Waals surface area contributed by atoms with Crippen LogP contribution < -0.4 is 15.0 Å². The monoisotopic (exact) mass is 448 g/mol. The Morgan fingerprint density at radius 3 is 2.70 bits per heavy atom. The van der Waals surface area contributed by atoms with Crippen molar-refractivity contribution in [3.05, 3.63) is 50.8 Å². The number of carbonyl (C=O) groups is 1. The molecule has 0 saturated heterocycles. The molecule has 1 atom stereocenters. The van der Waals surface area contributed by atoms with Gasteiger partial charge in [0, 0.05) is 28.1 Å². The lowest BCUT2D eigenvalue weighted by atomic mass is 9.86. The number of aromatic nitrogens is 2. The van der Waals surface area contributed by atoms with Gasteiger partial charge in [-0.05, 0) is 24.5 Å². The van der Waals surface area contributed by atoms with Crippen molar-refractivity contribution < 1.29 is 24.1 Å². The summed E-state index contributed by atoms with van der Waals surface area (Å²) in [5.41, 5.74) is 2.51. The molecule has 0 spiro atoms. The molecule has 0 aliphatic carbocycles. The number of pyridine rings is 2. The van der Waals surface area contributed by atoms with Gasteiger partial charge in [-0.3, -0.25) is 4.79 Å². The number of carbonyl (C=O) groups excluding carboxylic acids is 1. The van der Waals surface area contributed by atoms with Gasteiger partial charge in [0.2, 0.25) is 0 Å². The summed E-state index contributed by atoms with van der Waals surface area (Å²) in [6.07, 6.45) is 0.112. The Balaban J connectivity index is 1.62. The van der Waals surface area contributed by atoms with Crippen LogP contribution >= 0.6 is 0 Å². The lowest BCUT2D eigenvalue weighted by Crippen LogP contribution is -2.44. The summed E-state index contributed by atoms with van der Waals surface area (Å²) in [5, 5.41) is 12.0. The van der Waals surface area contributed by atoms with Crippen molar-refractivity contribution in [1.29, 1.82) is 0 Å². The summed E-state index contributed by atoms with van der Waals surface area (Å²) in [4.78, 5) is 30.6. The van der Waals surface area contributed by atoms with E-state index < -0.39 is 11.6 Å². The van der Waals surface area contributed by atoms with Crippen LogP contribution in [0.15, 0.2) is 23.0 Å². The largest absolute Gasteiger partial charge is 0.486 e. The highest BCUT2D eigenvalue weighted by Gasteiger charge is 2.45. The number of hydrogen-bond acceptors (Lipinski definition) is 7. The summed E-state index contributed by atoms with van der Waals surface area (Å²) in [7, 11) is 0. The minimum absolute atomic E-state index is 0.112. The third-order valence-electron chi connectivity index (χ3n) is 6.94. The zero-order valence-electron chi connectivity index (χ0n) is 18.7. The van der Waals surface area contributed by atoms with Crippen LogP contribution in [0.2, 0.25) is 0 Å². The summed E-state index contributed by atoms with van der Waals surface area (Å²) < 4.78 is 18.6. The molecule has 170 valence electrons. The molecule has 5 heterocycles. The number of cyclic esters (lactones) is 1. The fourth-order valence-electron chi connectivity index (χ4n) is 5.23. The fourth-order valence-corrected chi connectivity index (χ4v) is 5.23. The predicted molar refractivity (Wildman–Crippen MR) is 120 cm³/mol. The molecule has 1 aromatic carbocycles. The molecule has 3 aliphatic heterocycles. The van der Waals surface area contributed by atoms with E-state index in [4.69, 9.17) is 19.2 Å². The van der Waals surface area contributed by atoms with Crippen molar-refractivity contribution in [2.75, 3.05) is 13.2 Å². The molecule has 3 aliphatic rings. The molecule has 1 N–H and O–H groups in total. The number of esters is 1. The van der Waals surface area contributed by atoms with Gasteiger partial charge in [-0.25, -0.2) is 9.78 Å². The van der Waals surface area contributed by atoms with Gasteiger partial charge in [0.1, 0.15) is 19.8 Å². The maximum absolute atomic E-state index is 13.4. The van der Waals surface area contributed by atoms with E-state index in [1.807, 2.05) is 6.07 Å². The Morgan fingerprint density at radius 1 is 1.15 bits per heavy atom. The van der Waals surface area contributed by atoms with Gasteiger partial charge >= 0.3 is 5.97 Å². The van der Waals surface area contributed by atoms with E-state index in [-0.39, 0.29) is 24.5 Å². The Labute approximate surface area is 189 Å². The number of benzene rings is 1. The van der Waals surface area contributed by atoms with Crippen molar-refractivity contribution >= 4 is 16.9 Å². The third kappa shape index (κ3) is 2.64. The Bertz CT molecular complexity index is 1420. The molecule has 33 heavy (non-hydrogen) atoms. The van der Waals surface area contributed by atoms with E-state index in [0.717, 1.165) is 27.8 Å². The van der Waals surface area contributed by atoms with E-state index >= 15 is 0 Å². The third-order valence-corrected chi connectivity index (χ3v) is 6.94. The molecule has 0 amide bonds. The van der Waals surface area contributed by atoms with E-state index in [2.05, 4.69) is 19.9 Å². The normalized spacial score (nSPS) is 20.5. The minimum Gasteiger partial charge on any atom is -0.486 e. The average molecular weight is 448 g/mol. The van der Waals surface area contributed by atoms with Crippen molar-refractivity contribution in [2.24, 2.45) is 0 Å². The van der Waals surface area contributed by atoms with Crippen LogP contribution in [0.5, 0.6) is 11.5 Å². The maximum Gasteiger partial charge on any atom is 0.343 e. The van der Waals surface area contributed by atoms with Crippen LogP contribution in [0, 0.1) is 0 Å². The second kappa shape index (κ2) is 6.81. The molecule has 8 nitrogen and oxygen atoms in total. The first-order valence-electron chi connectivity index (χ1n) is 11.3. The standard InChI is InChI=1S/C25H24N2O6/c1-4-25(30)16-8-18-21-13(10-27(18)23(28)15(16)11-33-24(25)29)7-14-17(26-21)9-19-22(20(14)12(2)3)32-6-5-31-19/h7-9,12,30H,4-6,10-11H2,1-3H3/t25-/m0/s1. The minimum atomic E-state index is -1.84. The van der Waals surface area contributed by atoms with Crippen molar-refractivity contribution in [3.8, 4) is 22.9 Å². The second-order valence-corrected chi connectivity index (χ2v) is 9.13. The number of nitrogens with zero attached hydrogens (tertiary/aromatic N) is 2. The van der Waals surface area contributed by atoms with Gasteiger partial charge in [-0.1, -0.05) is 20.8 Å². The molecule has 0 fully saturated rings. The Kier molecular flexibility index (Phi) is 4.17. The Hall–Kier alpha value is -3.39. The van der Waals surface area contributed by atoms with E-state index in [0.29, 0.717) is 48.0 Å². The molecular weight excluding hydrogens is 424 g/mol. The zero-order valence-corrected chi connectivity index (χ0v) is 18.7. The fraction of sp³-hybridized carbons (Fsp3) is 0.400. The highest BCUT2D eigenvalue weighted by Crippen LogP contribution is 2.45. The second-order valence-electron chi connectivity index (χ2n) is 9.13. The number of fused-ring (bicyclic) bond motifs is 6. The van der Waals surface area contributed by atoms with Crippen LogP contribution in [0.1, 0.15) is 55.4 Å². The van der Waals surface area contributed by atoms with E-state index in [9.17, 15) is 14.7 Å².